The summed E-state index contributed by atoms with van der Waals surface area (Å²) in [5.41, 5.74) is 5.09. The number of nitrogens with zero attached hydrogens (tertiary/aromatic N) is 6. The third-order valence-electron chi connectivity index (χ3n) is 6.95. The topological polar surface area (TPSA) is 108 Å². The van der Waals surface area contributed by atoms with Gasteiger partial charge in [0.05, 0.1) is 17.1 Å². The summed E-state index contributed by atoms with van der Waals surface area (Å²) < 4.78 is 7.69. The predicted octanol–water partition coefficient (Wildman–Crippen LogP) is 3.67. The van der Waals surface area contributed by atoms with E-state index in [1.807, 2.05) is 30.5 Å². The molecule has 34 heavy (non-hydrogen) atoms. The predicted molar refractivity (Wildman–Crippen MR) is 127 cm³/mol. The highest BCUT2D eigenvalue weighted by Gasteiger charge is 2.45. The first kappa shape index (κ1) is 20.9. The number of anilines is 1. The number of carbonyl (C=O) groups excluding carboxylic acids is 1. The van der Waals surface area contributed by atoms with Gasteiger partial charge in [-0.3, -0.25) is 4.79 Å². The van der Waals surface area contributed by atoms with Crippen LogP contribution in [-0.4, -0.2) is 48.1 Å². The SMILES string of the molecule is CCn1c(-c2cnc(C)nc2)nc2c(-c3ccc4c(c3)[C@@](C)(C[C@@H]3CCO3)C(=O)N4)ncnc21. The lowest BCUT2D eigenvalue weighted by molar-refractivity contribution is -0.124. The van der Waals surface area contributed by atoms with E-state index in [1.165, 1.54) is 0 Å². The molecule has 5 heterocycles. The number of carbonyl (C=O) groups is 1. The molecule has 1 saturated heterocycles. The van der Waals surface area contributed by atoms with Gasteiger partial charge in [0.2, 0.25) is 5.91 Å². The summed E-state index contributed by atoms with van der Waals surface area (Å²) in [4.78, 5) is 35.7. The number of benzene rings is 1. The lowest BCUT2D eigenvalue weighted by atomic mass is 9.77. The molecule has 1 amide bonds. The fraction of sp³-hybridized carbons (Fsp3) is 0.360. The first-order valence-corrected chi connectivity index (χ1v) is 11.6. The smallest absolute Gasteiger partial charge is 0.234 e. The Bertz CT molecular complexity index is 1430. The van der Waals surface area contributed by atoms with Crippen molar-refractivity contribution in [2.75, 3.05) is 11.9 Å². The summed E-state index contributed by atoms with van der Waals surface area (Å²) in [6.07, 6.45) is 6.91. The molecule has 0 bridgehead atoms. The summed E-state index contributed by atoms with van der Waals surface area (Å²) in [7, 11) is 0. The number of rotatable bonds is 5. The van der Waals surface area contributed by atoms with Crippen molar-refractivity contribution in [2.45, 2.75) is 51.7 Å². The molecular weight excluding hydrogens is 430 g/mol. The fourth-order valence-electron chi connectivity index (χ4n) is 4.92. The minimum absolute atomic E-state index is 0.0138. The summed E-state index contributed by atoms with van der Waals surface area (Å²) in [6, 6.07) is 5.99. The first-order chi connectivity index (χ1) is 16.5. The Morgan fingerprint density at radius 3 is 2.68 bits per heavy atom. The maximum atomic E-state index is 12.9. The zero-order valence-electron chi connectivity index (χ0n) is 19.4. The van der Waals surface area contributed by atoms with E-state index in [1.54, 1.807) is 18.7 Å². The minimum Gasteiger partial charge on any atom is -0.378 e. The molecule has 2 aliphatic rings. The van der Waals surface area contributed by atoms with Crippen molar-refractivity contribution in [1.82, 2.24) is 29.5 Å². The van der Waals surface area contributed by atoms with E-state index < -0.39 is 5.41 Å². The minimum atomic E-state index is -0.643. The Labute approximate surface area is 196 Å². The molecule has 3 aromatic heterocycles. The van der Waals surface area contributed by atoms with Crippen LogP contribution in [-0.2, 0) is 21.5 Å². The van der Waals surface area contributed by atoms with Crippen LogP contribution in [0.1, 0.15) is 38.1 Å². The Hall–Kier alpha value is -3.72. The Morgan fingerprint density at radius 2 is 1.97 bits per heavy atom. The number of aromatic nitrogens is 6. The van der Waals surface area contributed by atoms with Crippen LogP contribution in [0, 0.1) is 6.92 Å². The van der Waals surface area contributed by atoms with Crippen molar-refractivity contribution in [3.8, 4) is 22.6 Å². The molecule has 2 atom stereocenters. The molecule has 9 heteroatoms. The normalized spacial score (nSPS) is 21.4. The van der Waals surface area contributed by atoms with Gasteiger partial charge in [-0.2, -0.15) is 0 Å². The Kier molecular flexibility index (Phi) is 4.70. The van der Waals surface area contributed by atoms with Gasteiger partial charge >= 0.3 is 0 Å². The maximum Gasteiger partial charge on any atom is 0.234 e. The molecule has 1 fully saturated rings. The molecule has 2 aliphatic heterocycles. The summed E-state index contributed by atoms with van der Waals surface area (Å²) in [5.74, 6) is 1.48. The van der Waals surface area contributed by atoms with E-state index in [0.29, 0.717) is 24.3 Å². The van der Waals surface area contributed by atoms with Crippen molar-refractivity contribution < 1.29 is 9.53 Å². The second kappa shape index (κ2) is 7.66. The van der Waals surface area contributed by atoms with Crippen molar-refractivity contribution in [3.63, 3.8) is 0 Å². The molecule has 0 aliphatic carbocycles. The molecular formula is C25H25N7O2. The highest BCUT2D eigenvalue weighted by Crippen LogP contribution is 2.44. The van der Waals surface area contributed by atoms with Gasteiger partial charge in [-0.25, -0.2) is 24.9 Å². The third kappa shape index (κ3) is 3.11. The van der Waals surface area contributed by atoms with Gasteiger partial charge in [-0.05, 0) is 51.3 Å². The maximum absolute atomic E-state index is 12.9. The van der Waals surface area contributed by atoms with Crippen LogP contribution in [0.3, 0.4) is 0 Å². The molecule has 9 nitrogen and oxygen atoms in total. The van der Waals surface area contributed by atoms with Crippen LogP contribution in [0.4, 0.5) is 5.69 Å². The van der Waals surface area contributed by atoms with E-state index in [4.69, 9.17) is 9.72 Å². The van der Waals surface area contributed by atoms with Gasteiger partial charge in [0, 0.05) is 36.8 Å². The van der Waals surface area contributed by atoms with Gasteiger partial charge in [0.1, 0.15) is 29.2 Å². The number of fused-ring (bicyclic) bond motifs is 2. The fourth-order valence-corrected chi connectivity index (χ4v) is 4.92. The number of hydrogen-bond acceptors (Lipinski definition) is 7. The molecule has 172 valence electrons. The monoisotopic (exact) mass is 455 g/mol. The van der Waals surface area contributed by atoms with Crippen LogP contribution in [0.15, 0.2) is 36.9 Å². The standard InChI is InChI=1S/C25H25N7O2/c1-4-32-22(16-11-26-14(2)27-12-16)31-21-20(28-13-29-23(21)32)15-5-6-19-18(9-15)25(3,24(33)30-19)10-17-7-8-34-17/h5-6,9,11-13,17H,4,7-8,10H2,1-3H3,(H,30,33)/t17-,25+/m0/s1. The van der Waals surface area contributed by atoms with E-state index in [9.17, 15) is 4.79 Å². The number of ether oxygens (including phenoxy) is 1. The average Bonchev–Trinajstić information content (AvgIpc) is 3.31. The lowest BCUT2D eigenvalue weighted by Crippen LogP contribution is -2.39. The highest BCUT2D eigenvalue weighted by atomic mass is 16.5. The molecule has 1 aromatic carbocycles. The molecule has 0 radical (unpaired) electrons. The van der Waals surface area contributed by atoms with Crippen molar-refractivity contribution in [3.05, 3.63) is 48.3 Å². The van der Waals surface area contributed by atoms with Crippen molar-refractivity contribution in [1.29, 1.82) is 0 Å². The molecule has 6 rings (SSSR count). The molecule has 4 aromatic rings. The third-order valence-corrected chi connectivity index (χ3v) is 6.95. The van der Waals surface area contributed by atoms with E-state index >= 15 is 0 Å². The zero-order valence-corrected chi connectivity index (χ0v) is 19.4. The summed E-state index contributed by atoms with van der Waals surface area (Å²) in [5, 5.41) is 3.04. The van der Waals surface area contributed by atoms with E-state index in [-0.39, 0.29) is 12.0 Å². The van der Waals surface area contributed by atoms with Gasteiger partial charge in [0.25, 0.3) is 0 Å². The van der Waals surface area contributed by atoms with Crippen molar-refractivity contribution in [2.24, 2.45) is 0 Å². The van der Waals surface area contributed by atoms with Crippen LogP contribution in [0.2, 0.25) is 0 Å². The second-order valence-electron chi connectivity index (χ2n) is 9.13. The molecule has 0 spiro atoms. The Morgan fingerprint density at radius 1 is 1.18 bits per heavy atom. The number of nitrogens with one attached hydrogen (secondary N) is 1. The van der Waals surface area contributed by atoms with Crippen LogP contribution in [0.5, 0.6) is 0 Å². The average molecular weight is 456 g/mol. The lowest BCUT2D eigenvalue weighted by Gasteiger charge is -2.33. The van der Waals surface area contributed by atoms with Gasteiger partial charge in [-0.1, -0.05) is 6.07 Å². The van der Waals surface area contributed by atoms with Crippen LogP contribution < -0.4 is 5.32 Å². The van der Waals surface area contributed by atoms with Gasteiger partial charge < -0.3 is 14.6 Å². The summed E-state index contributed by atoms with van der Waals surface area (Å²) >= 11 is 0. The molecule has 1 N–H and O–H groups in total. The summed E-state index contributed by atoms with van der Waals surface area (Å²) in [6.45, 7) is 7.37. The quantitative estimate of drug-likeness (QED) is 0.489. The number of aryl methyl sites for hydroxylation is 2. The zero-order chi connectivity index (χ0) is 23.4. The van der Waals surface area contributed by atoms with Gasteiger partial charge in [0.15, 0.2) is 5.65 Å². The highest BCUT2D eigenvalue weighted by molar-refractivity contribution is 6.06. The van der Waals surface area contributed by atoms with Crippen LogP contribution in [0.25, 0.3) is 33.8 Å². The Balaban J connectivity index is 1.48. The van der Waals surface area contributed by atoms with Crippen LogP contribution >= 0.6 is 0 Å². The number of imidazole rings is 1. The molecule has 0 saturated carbocycles. The van der Waals surface area contributed by atoms with E-state index in [0.717, 1.165) is 52.6 Å². The van der Waals surface area contributed by atoms with Crippen molar-refractivity contribution >= 4 is 22.8 Å². The molecule has 0 unspecified atom stereocenters. The number of amides is 1. The second-order valence-corrected chi connectivity index (χ2v) is 9.13. The van der Waals surface area contributed by atoms with E-state index in [2.05, 4.69) is 38.2 Å². The van der Waals surface area contributed by atoms with Gasteiger partial charge in [-0.15, -0.1) is 0 Å². The number of hydrogen-bond donors (Lipinski definition) is 1. The largest absolute Gasteiger partial charge is 0.378 e. The first-order valence-electron chi connectivity index (χ1n) is 11.6.